The average molecular weight is 367 g/mol. The van der Waals surface area contributed by atoms with Crippen molar-refractivity contribution in [3.63, 3.8) is 0 Å². The summed E-state index contributed by atoms with van der Waals surface area (Å²) in [5.41, 5.74) is 0.400. The van der Waals surface area contributed by atoms with E-state index >= 15 is 0 Å². The smallest absolute Gasteiger partial charge is 0.317 e. The van der Waals surface area contributed by atoms with Gasteiger partial charge in [0, 0.05) is 50.5 Å². The first-order valence-electron chi connectivity index (χ1n) is 9.78. The molecule has 0 radical (unpaired) electrons. The SMILES string of the molecule is CC(=N)CC(C(=N)N1CCC(NC2CCOCC2)CC1)C(=O)OC(C)C. The van der Waals surface area contributed by atoms with Crippen LogP contribution in [0.25, 0.3) is 0 Å². The average Bonchev–Trinajstić information content (AvgIpc) is 2.60. The molecule has 7 nitrogen and oxygen atoms in total. The van der Waals surface area contributed by atoms with E-state index in [0.717, 1.165) is 52.0 Å². The van der Waals surface area contributed by atoms with E-state index in [9.17, 15) is 4.79 Å². The van der Waals surface area contributed by atoms with Crippen molar-refractivity contribution in [2.75, 3.05) is 26.3 Å². The van der Waals surface area contributed by atoms with Gasteiger partial charge < -0.3 is 25.1 Å². The second-order valence-electron chi connectivity index (χ2n) is 7.72. The number of amidine groups is 1. The summed E-state index contributed by atoms with van der Waals surface area (Å²) >= 11 is 0. The van der Waals surface area contributed by atoms with Gasteiger partial charge in [0.25, 0.3) is 0 Å². The van der Waals surface area contributed by atoms with Crippen molar-refractivity contribution in [1.29, 1.82) is 10.8 Å². The highest BCUT2D eigenvalue weighted by atomic mass is 16.5. The van der Waals surface area contributed by atoms with Crippen molar-refractivity contribution >= 4 is 17.5 Å². The molecule has 2 fully saturated rings. The molecule has 2 aliphatic heterocycles. The number of esters is 1. The van der Waals surface area contributed by atoms with Gasteiger partial charge in [0.2, 0.25) is 0 Å². The normalized spacial score (nSPS) is 20.8. The molecule has 2 heterocycles. The molecule has 0 amide bonds. The van der Waals surface area contributed by atoms with E-state index < -0.39 is 5.92 Å². The highest BCUT2D eigenvalue weighted by Gasteiger charge is 2.32. The number of hydrogen-bond donors (Lipinski definition) is 3. The molecule has 2 saturated heterocycles. The molecule has 148 valence electrons. The van der Waals surface area contributed by atoms with Crippen LogP contribution in [0.3, 0.4) is 0 Å². The lowest BCUT2D eigenvalue weighted by Crippen LogP contribution is -2.50. The Balaban J connectivity index is 1.87. The second-order valence-corrected chi connectivity index (χ2v) is 7.72. The summed E-state index contributed by atoms with van der Waals surface area (Å²) in [6.07, 6.45) is 4.11. The minimum Gasteiger partial charge on any atom is -0.462 e. The van der Waals surface area contributed by atoms with Crippen LogP contribution in [-0.2, 0) is 14.3 Å². The minimum absolute atomic E-state index is 0.210. The Labute approximate surface area is 156 Å². The molecule has 0 aromatic rings. The summed E-state index contributed by atoms with van der Waals surface area (Å²) in [5.74, 6) is -0.763. The zero-order valence-electron chi connectivity index (χ0n) is 16.3. The first-order chi connectivity index (χ1) is 12.4. The van der Waals surface area contributed by atoms with Crippen LogP contribution in [0.4, 0.5) is 0 Å². The number of carbonyl (C=O) groups is 1. The lowest BCUT2D eigenvalue weighted by Gasteiger charge is -2.38. The summed E-state index contributed by atoms with van der Waals surface area (Å²) in [5, 5.41) is 20.0. The van der Waals surface area contributed by atoms with E-state index in [-0.39, 0.29) is 18.5 Å². The fourth-order valence-electron chi connectivity index (χ4n) is 3.62. The highest BCUT2D eigenvalue weighted by Crippen LogP contribution is 2.19. The predicted molar refractivity (Wildman–Crippen MR) is 102 cm³/mol. The molecule has 0 aromatic carbocycles. The van der Waals surface area contributed by atoms with E-state index in [1.54, 1.807) is 6.92 Å². The fraction of sp³-hybridized carbons (Fsp3) is 0.842. The van der Waals surface area contributed by atoms with Crippen LogP contribution in [0.15, 0.2) is 0 Å². The maximum Gasteiger partial charge on any atom is 0.317 e. The van der Waals surface area contributed by atoms with E-state index in [1.807, 2.05) is 18.7 Å². The Hall–Kier alpha value is -1.47. The second kappa shape index (κ2) is 10.0. The number of carbonyl (C=O) groups excluding carboxylic acids is 1. The molecule has 7 heteroatoms. The van der Waals surface area contributed by atoms with Gasteiger partial charge in [-0.1, -0.05) is 0 Å². The van der Waals surface area contributed by atoms with Crippen LogP contribution in [0, 0.1) is 16.7 Å². The Morgan fingerprint density at radius 3 is 2.27 bits per heavy atom. The van der Waals surface area contributed by atoms with Gasteiger partial charge in [-0.05, 0) is 46.5 Å². The molecule has 1 unspecified atom stereocenters. The zero-order chi connectivity index (χ0) is 19.1. The molecule has 26 heavy (non-hydrogen) atoms. The summed E-state index contributed by atoms with van der Waals surface area (Å²) < 4.78 is 10.7. The summed E-state index contributed by atoms with van der Waals surface area (Å²) in [7, 11) is 0. The topological polar surface area (TPSA) is 98.5 Å². The Morgan fingerprint density at radius 2 is 1.73 bits per heavy atom. The number of likely N-dealkylation sites (tertiary alicyclic amines) is 1. The van der Waals surface area contributed by atoms with Crippen molar-refractivity contribution in [1.82, 2.24) is 10.2 Å². The lowest BCUT2D eigenvalue weighted by molar-refractivity contribution is -0.150. The monoisotopic (exact) mass is 366 g/mol. The van der Waals surface area contributed by atoms with Gasteiger partial charge in [-0.2, -0.15) is 0 Å². The third-order valence-corrected chi connectivity index (χ3v) is 5.01. The first kappa shape index (κ1) is 20.8. The number of rotatable bonds is 7. The largest absolute Gasteiger partial charge is 0.462 e. The molecule has 1 atom stereocenters. The number of piperidine rings is 1. The van der Waals surface area contributed by atoms with Gasteiger partial charge in [-0.3, -0.25) is 10.2 Å². The number of nitrogens with one attached hydrogen (secondary N) is 3. The van der Waals surface area contributed by atoms with Crippen LogP contribution in [0.1, 0.15) is 52.9 Å². The van der Waals surface area contributed by atoms with Gasteiger partial charge in [0.05, 0.1) is 6.10 Å². The lowest BCUT2D eigenvalue weighted by atomic mass is 9.96. The molecular weight excluding hydrogens is 332 g/mol. The van der Waals surface area contributed by atoms with E-state index in [1.165, 1.54) is 0 Å². The van der Waals surface area contributed by atoms with Gasteiger partial charge >= 0.3 is 5.97 Å². The van der Waals surface area contributed by atoms with Crippen molar-refractivity contribution in [2.45, 2.75) is 71.1 Å². The van der Waals surface area contributed by atoms with E-state index in [0.29, 0.717) is 23.6 Å². The maximum absolute atomic E-state index is 12.4. The standard InChI is InChI=1S/C19H34N4O3/c1-13(2)26-19(24)17(12-14(3)20)18(21)23-8-4-15(5-9-23)22-16-6-10-25-11-7-16/h13,15-17,20-22H,4-12H2,1-3H3. The fourth-order valence-corrected chi connectivity index (χ4v) is 3.62. The van der Waals surface area contributed by atoms with Gasteiger partial charge in [0.1, 0.15) is 11.8 Å². The summed E-state index contributed by atoms with van der Waals surface area (Å²) in [4.78, 5) is 14.4. The molecule has 2 rings (SSSR count). The Morgan fingerprint density at radius 1 is 1.15 bits per heavy atom. The predicted octanol–water partition coefficient (Wildman–Crippen LogP) is 2.19. The Bertz CT molecular complexity index is 495. The third-order valence-electron chi connectivity index (χ3n) is 5.01. The molecule has 0 aromatic heterocycles. The van der Waals surface area contributed by atoms with Crippen molar-refractivity contribution in [3.8, 4) is 0 Å². The van der Waals surface area contributed by atoms with Crippen LogP contribution < -0.4 is 5.32 Å². The van der Waals surface area contributed by atoms with Crippen LogP contribution in [-0.4, -0.2) is 66.9 Å². The quantitative estimate of drug-likeness (QED) is 0.364. The molecule has 0 aliphatic carbocycles. The third kappa shape index (κ3) is 6.36. The van der Waals surface area contributed by atoms with E-state index in [2.05, 4.69) is 5.32 Å². The summed E-state index contributed by atoms with van der Waals surface area (Å²) in [6, 6.07) is 1.00. The van der Waals surface area contributed by atoms with Crippen molar-refractivity contribution in [2.24, 2.45) is 5.92 Å². The molecular formula is C19H34N4O3. The van der Waals surface area contributed by atoms with Crippen molar-refractivity contribution < 1.29 is 14.3 Å². The molecule has 3 N–H and O–H groups in total. The first-order valence-corrected chi connectivity index (χ1v) is 9.78. The van der Waals surface area contributed by atoms with Crippen molar-refractivity contribution in [3.05, 3.63) is 0 Å². The molecule has 0 bridgehead atoms. The zero-order valence-corrected chi connectivity index (χ0v) is 16.3. The number of nitrogens with zero attached hydrogens (tertiary/aromatic N) is 1. The highest BCUT2D eigenvalue weighted by molar-refractivity contribution is 6.02. The molecule has 0 saturated carbocycles. The molecule has 0 spiro atoms. The van der Waals surface area contributed by atoms with Gasteiger partial charge in [0.15, 0.2) is 0 Å². The van der Waals surface area contributed by atoms with Gasteiger partial charge in [-0.25, -0.2) is 0 Å². The maximum atomic E-state index is 12.4. The van der Waals surface area contributed by atoms with Crippen LogP contribution >= 0.6 is 0 Å². The summed E-state index contributed by atoms with van der Waals surface area (Å²) in [6.45, 7) is 8.50. The van der Waals surface area contributed by atoms with E-state index in [4.69, 9.17) is 20.3 Å². The van der Waals surface area contributed by atoms with Gasteiger partial charge in [-0.15, -0.1) is 0 Å². The Kier molecular flexibility index (Phi) is 8.03. The van der Waals surface area contributed by atoms with Crippen LogP contribution in [0.5, 0.6) is 0 Å². The molecule has 2 aliphatic rings. The number of hydrogen-bond acceptors (Lipinski definition) is 6. The minimum atomic E-state index is -0.671. The number of ether oxygens (including phenoxy) is 2. The van der Waals surface area contributed by atoms with Crippen LogP contribution in [0.2, 0.25) is 0 Å².